The van der Waals surface area contributed by atoms with Crippen molar-refractivity contribution in [3.8, 4) is 11.8 Å². The lowest BCUT2D eigenvalue weighted by Gasteiger charge is -2.44. The van der Waals surface area contributed by atoms with Crippen LogP contribution >= 0.6 is 15.9 Å². The van der Waals surface area contributed by atoms with Crippen LogP contribution in [0.25, 0.3) is 0 Å². The molecule has 0 aliphatic carbocycles. The first-order valence-corrected chi connectivity index (χ1v) is 7.04. The first-order chi connectivity index (χ1) is 8.57. The molecule has 0 unspecified atom stereocenters. The molecule has 0 spiro atoms. The summed E-state index contributed by atoms with van der Waals surface area (Å²) in [6.07, 6.45) is 0.980. The van der Waals surface area contributed by atoms with Crippen LogP contribution in [-0.4, -0.2) is 15.5 Å². The van der Waals surface area contributed by atoms with E-state index >= 15 is 0 Å². The third-order valence-corrected chi connectivity index (χ3v) is 5.08. The molecule has 3 nitrogen and oxygen atoms in total. The van der Waals surface area contributed by atoms with Crippen molar-refractivity contribution in [2.24, 2.45) is 0 Å². The standard InChI is InChI=1S/C14H16BrNO2/c1-3-14(4-2)13(15)12(17)10-7-9(8-16)5-6-11(10)18-14/h5-7,12-13,17H,3-4H2,1-2H3/t12-,13+/m0/s1. The number of alkyl halides is 1. The highest BCUT2D eigenvalue weighted by atomic mass is 79.9. The minimum absolute atomic E-state index is 0.165. The highest BCUT2D eigenvalue weighted by Gasteiger charge is 2.46. The van der Waals surface area contributed by atoms with Crippen LogP contribution in [-0.2, 0) is 0 Å². The maximum Gasteiger partial charge on any atom is 0.126 e. The fraction of sp³-hybridized carbons (Fsp3) is 0.500. The average Bonchev–Trinajstić information content (AvgIpc) is 2.42. The van der Waals surface area contributed by atoms with Gasteiger partial charge in [0, 0.05) is 5.56 Å². The van der Waals surface area contributed by atoms with Crippen molar-refractivity contribution >= 4 is 15.9 Å². The second-order valence-corrected chi connectivity index (χ2v) is 5.57. The zero-order valence-corrected chi connectivity index (χ0v) is 12.1. The van der Waals surface area contributed by atoms with Gasteiger partial charge in [0.2, 0.25) is 0 Å². The molecule has 1 N–H and O–H groups in total. The predicted molar refractivity (Wildman–Crippen MR) is 72.8 cm³/mol. The number of fused-ring (bicyclic) bond motifs is 1. The van der Waals surface area contributed by atoms with Gasteiger partial charge in [-0.2, -0.15) is 5.26 Å². The molecule has 0 radical (unpaired) electrons. The average molecular weight is 310 g/mol. The molecule has 18 heavy (non-hydrogen) atoms. The minimum atomic E-state index is -0.651. The van der Waals surface area contributed by atoms with Gasteiger partial charge in [0.05, 0.1) is 22.6 Å². The fourth-order valence-corrected chi connectivity index (χ4v) is 3.47. The van der Waals surface area contributed by atoms with Gasteiger partial charge in [-0.3, -0.25) is 0 Å². The molecule has 0 amide bonds. The smallest absolute Gasteiger partial charge is 0.126 e. The van der Waals surface area contributed by atoms with E-state index in [2.05, 4.69) is 35.8 Å². The van der Waals surface area contributed by atoms with Crippen LogP contribution in [0.3, 0.4) is 0 Å². The highest BCUT2D eigenvalue weighted by Crippen LogP contribution is 2.46. The maximum absolute atomic E-state index is 10.4. The molecule has 1 aliphatic heterocycles. The molecule has 0 saturated heterocycles. The summed E-state index contributed by atoms with van der Waals surface area (Å²) in [4.78, 5) is -0.165. The van der Waals surface area contributed by atoms with Gasteiger partial charge in [-0.05, 0) is 31.0 Å². The van der Waals surface area contributed by atoms with E-state index in [1.54, 1.807) is 18.2 Å². The van der Waals surface area contributed by atoms with Crippen molar-refractivity contribution in [3.05, 3.63) is 29.3 Å². The Labute approximate surface area is 116 Å². The Morgan fingerprint density at radius 1 is 1.44 bits per heavy atom. The van der Waals surface area contributed by atoms with E-state index in [9.17, 15) is 5.11 Å². The van der Waals surface area contributed by atoms with Crippen LogP contribution in [0.4, 0.5) is 0 Å². The number of hydrogen-bond acceptors (Lipinski definition) is 3. The van der Waals surface area contributed by atoms with E-state index in [1.807, 2.05) is 0 Å². The number of rotatable bonds is 2. The number of nitrogens with zero attached hydrogens (tertiary/aromatic N) is 1. The van der Waals surface area contributed by atoms with E-state index in [4.69, 9.17) is 10.00 Å². The van der Waals surface area contributed by atoms with Crippen LogP contribution in [0, 0.1) is 11.3 Å². The summed E-state index contributed by atoms with van der Waals surface area (Å²) in [5.74, 6) is 0.681. The van der Waals surface area contributed by atoms with Gasteiger partial charge < -0.3 is 9.84 Å². The normalized spacial score (nSPS) is 24.8. The zero-order valence-electron chi connectivity index (χ0n) is 10.5. The molecule has 2 atom stereocenters. The quantitative estimate of drug-likeness (QED) is 0.853. The SMILES string of the molecule is CCC1(CC)Oc2ccc(C#N)cc2[C@H](O)[C@H]1Br. The molecule has 1 aromatic rings. The van der Waals surface area contributed by atoms with Crippen molar-refractivity contribution in [3.63, 3.8) is 0 Å². The Balaban J connectivity index is 2.50. The van der Waals surface area contributed by atoms with Gasteiger partial charge in [-0.15, -0.1) is 0 Å². The summed E-state index contributed by atoms with van der Waals surface area (Å²) < 4.78 is 6.08. The lowest BCUT2D eigenvalue weighted by atomic mass is 9.84. The van der Waals surface area contributed by atoms with Crippen molar-refractivity contribution in [1.29, 1.82) is 5.26 Å². The molecule has 0 aromatic heterocycles. The largest absolute Gasteiger partial charge is 0.486 e. The maximum atomic E-state index is 10.4. The molecular weight excluding hydrogens is 294 g/mol. The summed E-state index contributed by atoms with van der Waals surface area (Å²) in [5, 5.41) is 19.3. The van der Waals surface area contributed by atoms with Crippen molar-refractivity contribution < 1.29 is 9.84 Å². The topological polar surface area (TPSA) is 53.2 Å². The van der Waals surface area contributed by atoms with Crippen molar-refractivity contribution in [2.75, 3.05) is 0 Å². The Bertz CT molecular complexity index is 491. The number of hydrogen-bond donors (Lipinski definition) is 1. The second-order valence-electron chi connectivity index (χ2n) is 4.58. The molecule has 2 rings (SSSR count). The first kappa shape index (κ1) is 13.4. The number of ether oxygens (including phenoxy) is 1. The van der Waals surface area contributed by atoms with Gasteiger partial charge in [0.15, 0.2) is 0 Å². The van der Waals surface area contributed by atoms with E-state index in [0.29, 0.717) is 16.9 Å². The fourth-order valence-electron chi connectivity index (χ4n) is 2.45. The molecule has 1 aromatic carbocycles. The summed E-state index contributed by atoms with van der Waals surface area (Å²) in [5.41, 5.74) is 0.839. The minimum Gasteiger partial charge on any atom is -0.486 e. The summed E-state index contributed by atoms with van der Waals surface area (Å²) in [7, 11) is 0. The molecule has 1 heterocycles. The Morgan fingerprint density at radius 3 is 2.67 bits per heavy atom. The highest BCUT2D eigenvalue weighted by molar-refractivity contribution is 9.09. The second kappa shape index (κ2) is 4.91. The number of benzene rings is 1. The number of aliphatic hydroxyl groups excluding tert-OH is 1. The van der Waals surface area contributed by atoms with Gasteiger partial charge in [0.25, 0.3) is 0 Å². The van der Waals surface area contributed by atoms with Crippen LogP contribution in [0.5, 0.6) is 5.75 Å². The lowest BCUT2D eigenvalue weighted by Crippen LogP contribution is -2.49. The van der Waals surface area contributed by atoms with Crippen LogP contribution in [0.1, 0.15) is 43.9 Å². The Morgan fingerprint density at radius 2 is 2.11 bits per heavy atom. The monoisotopic (exact) mass is 309 g/mol. The number of halogens is 1. The number of nitriles is 1. The van der Waals surface area contributed by atoms with Gasteiger partial charge in [-0.25, -0.2) is 0 Å². The summed E-state index contributed by atoms with van der Waals surface area (Å²) in [6, 6.07) is 7.27. The van der Waals surface area contributed by atoms with Gasteiger partial charge in [-0.1, -0.05) is 29.8 Å². The third-order valence-electron chi connectivity index (χ3n) is 3.75. The van der Waals surface area contributed by atoms with Gasteiger partial charge >= 0.3 is 0 Å². The predicted octanol–water partition coefficient (Wildman–Crippen LogP) is 3.31. The van der Waals surface area contributed by atoms with Crippen molar-refractivity contribution in [2.45, 2.75) is 43.2 Å². The van der Waals surface area contributed by atoms with Gasteiger partial charge in [0.1, 0.15) is 11.4 Å². The van der Waals surface area contributed by atoms with E-state index in [0.717, 1.165) is 12.8 Å². The first-order valence-electron chi connectivity index (χ1n) is 6.13. The Kier molecular flexibility index (Phi) is 3.65. The molecule has 4 heteroatoms. The molecular formula is C14H16BrNO2. The van der Waals surface area contributed by atoms with Crippen molar-refractivity contribution in [1.82, 2.24) is 0 Å². The van der Waals surface area contributed by atoms with E-state index < -0.39 is 6.10 Å². The summed E-state index contributed by atoms with van der Waals surface area (Å²) in [6.45, 7) is 4.11. The van der Waals surface area contributed by atoms with E-state index in [1.165, 1.54) is 0 Å². The lowest BCUT2D eigenvalue weighted by molar-refractivity contribution is -0.00900. The van der Waals surface area contributed by atoms with E-state index in [-0.39, 0.29) is 10.4 Å². The molecule has 96 valence electrons. The zero-order chi connectivity index (χ0) is 13.3. The van der Waals surface area contributed by atoms with Crippen LogP contribution in [0.15, 0.2) is 18.2 Å². The van der Waals surface area contributed by atoms with Crippen LogP contribution in [0.2, 0.25) is 0 Å². The molecule has 0 bridgehead atoms. The molecule has 0 saturated carbocycles. The third kappa shape index (κ3) is 1.92. The summed E-state index contributed by atoms with van der Waals surface area (Å²) >= 11 is 3.56. The Hall–Kier alpha value is -1.05. The van der Waals surface area contributed by atoms with Crippen LogP contribution < -0.4 is 4.74 Å². The molecule has 1 aliphatic rings. The number of aliphatic hydroxyl groups is 1. The molecule has 0 fully saturated rings.